The van der Waals surface area contributed by atoms with Crippen LogP contribution in [0.5, 0.6) is 0 Å². The smallest absolute Gasteiger partial charge is 0.263 e. The molecule has 142 valence electrons. The molecule has 0 fully saturated rings. The van der Waals surface area contributed by atoms with E-state index in [1.165, 1.54) is 15.9 Å². The number of anilines is 1. The fourth-order valence-corrected chi connectivity index (χ4v) is 4.07. The molecule has 3 aromatic rings. The van der Waals surface area contributed by atoms with Crippen molar-refractivity contribution in [2.24, 2.45) is 0 Å². The number of fused-ring (bicyclic) bond motifs is 1. The van der Waals surface area contributed by atoms with Gasteiger partial charge in [0.05, 0.1) is 11.9 Å². The zero-order valence-electron chi connectivity index (χ0n) is 16.2. The predicted octanol–water partition coefficient (Wildman–Crippen LogP) is 3.34. The molecule has 1 aromatic carbocycles. The van der Waals surface area contributed by atoms with Crippen molar-refractivity contribution < 1.29 is 4.79 Å². The first-order valence-electron chi connectivity index (χ1n) is 8.81. The van der Waals surface area contributed by atoms with E-state index in [1.54, 1.807) is 6.92 Å². The zero-order chi connectivity index (χ0) is 19.7. The molecule has 3 rings (SSSR count). The molecule has 0 aliphatic heterocycles. The van der Waals surface area contributed by atoms with Gasteiger partial charge in [0.2, 0.25) is 5.91 Å². The predicted molar refractivity (Wildman–Crippen MR) is 111 cm³/mol. The standard InChI is InChI=1S/C20H24N4O2S/c1-12-14(3)27-19-17(12)20(26)24(16(22-19)11-23(4)5)13(2)18(25)21-15-9-7-6-8-10-15/h6-10,13H,11H2,1-5H3,(H,21,25). The van der Waals surface area contributed by atoms with Crippen molar-refractivity contribution in [3.05, 3.63) is 57.0 Å². The molecule has 0 aliphatic rings. The van der Waals surface area contributed by atoms with Crippen LogP contribution in [0.2, 0.25) is 0 Å². The quantitative estimate of drug-likeness (QED) is 0.733. The van der Waals surface area contributed by atoms with Crippen LogP contribution in [-0.2, 0) is 11.3 Å². The van der Waals surface area contributed by atoms with Crippen LogP contribution in [0.3, 0.4) is 0 Å². The zero-order valence-corrected chi connectivity index (χ0v) is 17.1. The molecule has 1 unspecified atom stereocenters. The van der Waals surface area contributed by atoms with Crippen LogP contribution < -0.4 is 10.9 Å². The lowest BCUT2D eigenvalue weighted by atomic mass is 10.2. The molecule has 1 atom stereocenters. The van der Waals surface area contributed by atoms with E-state index < -0.39 is 6.04 Å². The number of hydrogen-bond acceptors (Lipinski definition) is 5. The number of rotatable bonds is 5. The summed E-state index contributed by atoms with van der Waals surface area (Å²) >= 11 is 1.52. The number of hydrogen-bond donors (Lipinski definition) is 1. The number of nitrogens with one attached hydrogen (secondary N) is 1. The Balaban J connectivity index is 2.10. The third-order valence-electron chi connectivity index (χ3n) is 4.57. The number of para-hydroxylation sites is 1. The fraction of sp³-hybridized carbons (Fsp3) is 0.350. The lowest BCUT2D eigenvalue weighted by Crippen LogP contribution is -2.36. The van der Waals surface area contributed by atoms with Crippen LogP contribution in [-0.4, -0.2) is 34.5 Å². The van der Waals surface area contributed by atoms with Crippen molar-refractivity contribution in [1.82, 2.24) is 14.5 Å². The first-order valence-corrected chi connectivity index (χ1v) is 9.63. The SMILES string of the molecule is Cc1sc2nc(CN(C)C)n(C(C)C(=O)Nc3ccccc3)c(=O)c2c1C. The van der Waals surface area contributed by atoms with Crippen molar-refractivity contribution in [1.29, 1.82) is 0 Å². The van der Waals surface area contributed by atoms with Crippen LogP contribution >= 0.6 is 11.3 Å². The van der Waals surface area contributed by atoms with Crippen LogP contribution in [0.25, 0.3) is 10.2 Å². The maximum atomic E-state index is 13.3. The van der Waals surface area contributed by atoms with E-state index in [4.69, 9.17) is 4.98 Å². The Labute approximate surface area is 162 Å². The van der Waals surface area contributed by atoms with Crippen LogP contribution in [0, 0.1) is 13.8 Å². The minimum Gasteiger partial charge on any atom is -0.324 e. The third kappa shape index (κ3) is 3.79. The van der Waals surface area contributed by atoms with Crippen molar-refractivity contribution in [3.63, 3.8) is 0 Å². The average Bonchev–Trinajstić information content (AvgIpc) is 2.89. The lowest BCUT2D eigenvalue weighted by Gasteiger charge is -2.21. The van der Waals surface area contributed by atoms with Gasteiger partial charge in [-0.15, -0.1) is 11.3 Å². The Hall–Kier alpha value is -2.51. The Kier molecular flexibility index (Phi) is 5.43. The average molecular weight is 385 g/mol. The van der Waals surface area contributed by atoms with Gasteiger partial charge in [-0.3, -0.25) is 14.2 Å². The lowest BCUT2D eigenvalue weighted by molar-refractivity contribution is -0.119. The fourth-order valence-electron chi connectivity index (χ4n) is 3.03. The van der Waals surface area contributed by atoms with E-state index >= 15 is 0 Å². The number of nitrogens with zero attached hydrogens (tertiary/aromatic N) is 3. The minimum absolute atomic E-state index is 0.158. The first-order chi connectivity index (χ1) is 12.8. The van der Waals surface area contributed by atoms with E-state index in [0.717, 1.165) is 15.3 Å². The van der Waals surface area contributed by atoms with Crippen molar-refractivity contribution in [3.8, 4) is 0 Å². The summed E-state index contributed by atoms with van der Waals surface area (Å²) in [5.41, 5.74) is 1.48. The molecular formula is C20H24N4O2S. The number of amides is 1. The van der Waals surface area contributed by atoms with Crippen molar-refractivity contribution >= 4 is 33.1 Å². The molecular weight excluding hydrogens is 360 g/mol. The molecule has 7 heteroatoms. The second-order valence-corrected chi connectivity index (χ2v) is 8.14. The maximum absolute atomic E-state index is 13.3. The van der Waals surface area contributed by atoms with Crippen molar-refractivity contribution in [2.45, 2.75) is 33.4 Å². The number of carbonyl (C=O) groups excluding carboxylic acids is 1. The molecule has 6 nitrogen and oxygen atoms in total. The van der Waals surface area contributed by atoms with E-state index in [1.807, 2.05) is 63.2 Å². The first kappa shape index (κ1) is 19.3. The monoisotopic (exact) mass is 384 g/mol. The summed E-state index contributed by atoms with van der Waals surface area (Å²) < 4.78 is 1.53. The molecule has 0 saturated carbocycles. The highest BCUT2D eigenvalue weighted by Crippen LogP contribution is 2.27. The van der Waals surface area contributed by atoms with Crippen LogP contribution in [0.1, 0.15) is 29.2 Å². The summed E-state index contributed by atoms with van der Waals surface area (Å²) in [6.45, 7) is 6.13. The second kappa shape index (κ2) is 7.62. The van der Waals surface area contributed by atoms with Gasteiger partial charge in [0.15, 0.2) is 0 Å². The Morgan fingerprint density at radius 3 is 2.56 bits per heavy atom. The second-order valence-electron chi connectivity index (χ2n) is 6.94. The van der Waals surface area contributed by atoms with E-state index in [0.29, 0.717) is 23.4 Å². The van der Waals surface area contributed by atoms with Gasteiger partial charge in [0.25, 0.3) is 5.56 Å². The molecule has 0 aliphatic carbocycles. The Morgan fingerprint density at radius 1 is 1.26 bits per heavy atom. The highest BCUT2D eigenvalue weighted by Gasteiger charge is 2.24. The summed E-state index contributed by atoms with van der Waals surface area (Å²) in [7, 11) is 3.83. The largest absolute Gasteiger partial charge is 0.324 e. The molecule has 1 N–H and O–H groups in total. The molecule has 0 bridgehead atoms. The molecule has 2 heterocycles. The molecule has 0 spiro atoms. The highest BCUT2D eigenvalue weighted by atomic mass is 32.1. The van der Waals surface area contributed by atoms with E-state index in [2.05, 4.69) is 5.32 Å². The maximum Gasteiger partial charge on any atom is 0.263 e. The summed E-state index contributed by atoms with van der Waals surface area (Å²) in [5, 5.41) is 3.49. The van der Waals surface area contributed by atoms with Gasteiger partial charge in [-0.05, 0) is 52.6 Å². The number of aromatic nitrogens is 2. The topological polar surface area (TPSA) is 67.2 Å². The van der Waals surface area contributed by atoms with Gasteiger partial charge >= 0.3 is 0 Å². The van der Waals surface area contributed by atoms with Gasteiger partial charge < -0.3 is 10.2 Å². The Morgan fingerprint density at radius 2 is 1.93 bits per heavy atom. The molecule has 27 heavy (non-hydrogen) atoms. The minimum atomic E-state index is -0.677. The van der Waals surface area contributed by atoms with Gasteiger partial charge in [-0.2, -0.15) is 0 Å². The van der Waals surface area contributed by atoms with Gasteiger partial charge in [-0.25, -0.2) is 4.98 Å². The van der Waals surface area contributed by atoms with E-state index in [-0.39, 0.29) is 11.5 Å². The van der Waals surface area contributed by atoms with Crippen LogP contribution in [0.4, 0.5) is 5.69 Å². The normalized spacial score (nSPS) is 12.5. The summed E-state index contributed by atoms with van der Waals surface area (Å²) in [5.74, 6) is 0.350. The van der Waals surface area contributed by atoms with E-state index in [9.17, 15) is 9.59 Å². The number of aryl methyl sites for hydroxylation is 2. The van der Waals surface area contributed by atoms with Crippen molar-refractivity contribution in [2.75, 3.05) is 19.4 Å². The highest BCUT2D eigenvalue weighted by molar-refractivity contribution is 7.18. The van der Waals surface area contributed by atoms with Gasteiger partial charge in [-0.1, -0.05) is 18.2 Å². The Bertz CT molecular complexity index is 1040. The summed E-state index contributed by atoms with van der Waals surface area (Å²) in [6.07, 6.45) is 0. The summed E-state index contributed by atoms with van der Waals surface area (Å²) in [4.78, 5) is 34.6. The number of carbonyl (C=O) groups is 1. The van der Waals surface area contributed by atoms with Gasteiger partial charge in [0, 0.05) is 10.6 Å². The van der Waals surface area contributed by atoms with Gasteiger partial charge in [0.1, 0.15) is 16.7 Å². The number of thiophene rings is 1. The molecule has 2 aromatic heterocycles. The number of benzene rings is 1. The molecule has 1 amide bonds. The van der Waals surface area contributed by atoms with Crippen LogP contribution in [0.15, 0.2) is 35.1 Å². The molecule has 0 saturated heterocycles. The molecule has 0 radical (unpaired) electrons. The summed E-state index contributed by atoms with van der Waals surface area (Å²) in [6, 6.07) is 8.57. The third-order valence-corrected chi connectivity index (χ3v) is 5.67.